The van der Waals surface area contributed by atoms with Crippen LogP contribution in [0.15, 0.2) is 156 Å². The van der Waals surface area contributed by atoms with Gasteiger partial charge in [0.2, 0.25) is 0 Å². The van der Waals surface area contributed by atoms with Gasteiger partial charge in [-0.15, -0.1) is 0 Å². The van der Waals surface area contributed by atoms with Gasteiger partial charge in [0.25, 0.3) is 0 Å². The van der Waals surface area contributed by atoms with Crippen molar-refractivity contribution in [1.29, 1.82) is 5.26 Å². The molecule has 0 amide bonds. The first-order valence-electron chi connectivity index (χ1n) is 17.3. The second-order valence-electron chi connectivity index (χ2n) is 13.2. The van der Waals surface area contributed by atoms with Crippen LogP contribution in [0.25, 0.3) is 71.7 Å². The van der Waals surface area contributed by atoms with Gasteiger partial charge in [0.1, 0.15) is 11.2 Å². The Kier molecular flexibility index (Phi) is 7.29. The molecule has 7 aromatic carbocycles. The summed E-state index contributed by atoms with van der Waals surface area (Å²) in [5.41, 5.74) is 14.1. The smallest absolute Gasteiger partial charge is 0.136 e. The molecule has 0 fully saturated rings. The largest absolute Gasteiger partial charge is 0.456 e. The van der Waals surface area contributed by atoms with Crippen LogP contribution in [0.3, 0.4) is 0 Å². The van der Waals surface area contributed by atoms with Gasteiger partial charge in [0, 0.05) is 32.7 Å². The Hall–Kier alpha value is -6.37. The predicted molar refractivity (Wildman–Crippen MR) is 207 cm³/mol. The summed E-state index contributed by atoms with van der Waals surface area (Å²) >= 11 is 0. The van der Waals surface area contributed by atoms with Gasteiger partial charge in [-0.2, -0.15) is 5.26 Å². The molecule has 0 saturated carbocycles. The number of hydrogen-bond acceptors (Lipinski definition) is 2. The molecule has 3 heteroatoms. The second kappa shape index (κ2) is 12.3. The normalized spacial score (nSPS) is 11.5. The van der Waals surface area contributed by atoms with Gasteiger partial charge in [0.15, 0.2) is 0 Å². The molecule has 0 atom stereocenters. The Morgan fingerprint density at radius 2 is 1.20 bits per heavy atom. The standard InChI is InChI=1S/C47H34N2O/c1-31-13-2-3-16-35(31)41-29-47-42(40-20-7-11-24-46(40)50-47)28-33(41)15-12-14-32-25-26-36(34(27-32)30-48)37-17-4-8-21-43(37)49-44-22-9-5-18-38(44)39-19-6-10-23-45(39)49/h2-11,13,16-29H,12,14-15H2,1H3. The molecule has 3 nitrogen and oxygen atoms in total. The monoisotopic (exact) mass is 642 g/mol. The summed E-state index contributed by atoms with van der Waals surface area (Å²) in [5, 5.41) is 15.2. The fraction of sp³-hybridized carbons (Fsp3) is 0.0851. The number of hydrogen-bond donors (Lipinski definition) is 0. The van der Waals surface area contributed by atoms with Gasteiger partial charge in [-0.05, 0) is 96.5 Å². The summed E-state index contributed by atoms with van der Waals surface area (Å²) in [5.74, 6) is 0. The highest BCUT2D eigenvalue weighted by molar-refractivity contribution is 6.10. The SMILES string of the molecule is Cc1ccccc1-c1cc2oc3ccccc3c2cc1CCCc1ccc(-c2ccccc2-n2c3ccccc3c3ccccc32)c(C#N)c1. The van der Waals surface area contributed by atoms with Gasteiger partial charge in [0.05, 0.1) is 28.4 Å². The average Bonchev–Trinajstić information content (AvgIpc) is 3.70. The zero-order valence-electron chi connectivity index (χ0n) is 27.9. The zero-order chi connectivity index (χ0) is 33.6. The molecule has 0 aliphatic rings. The quantitative estimate of drug-likeness (QED) is 0.174. The highest BCUT2D eigenvalue weighted by atomic mass is 16.3. The number of rotatable bonds is 7. The van der Waals surface area contributed by atoms with Crippen molar-refractivity contribution in [1.82, 2.24) is 4.57 Å². The van der Waals surface area contributed by atoms with E-state index in [2.05, 4.69) is 157 Å². The van der Waals surface area contributed by atoms with Crippen LogP contribution in [-0.4, -0.2) is 4.57 Å². The van der Waals surface area contributed by atoms with Crippen LogP contribution in [0.5, 0.6) is 0 Å². The second-order valence-corrected chi connectivity index (χ2v) is 13.2. The van der Waals surface area contributed by atoms with Crippen LogP contribution in [0.4, 0.5) is 0 Å². The molecule has 0 saturated heterocycles. The number of aryl methyl sites for hydroxylation is 3. The third-order valence-corrected chi connectivity index (χ3v) is 10.2. The molecule has 0 radical (unpaired) electrons. The van der Waals surface area contributed by atoms with Crippen molar-refractivity contribution in [2.24, 2.45) is 0 Å². The highest BCUT2D eigenvalue weighted by Crippen LogP contribution is 2.39. The summed E-state index contributed by atoms with van der Waals surface area (Å²) in [7, 11) is 0. The fourth-order valence-electron chi connectivity index (χ4n) is 7.78. The van der Waals surface area contributed by atoms with Crippen molar-refractivity contribution < 1.29 is 4.42 Å². The lowest BCUT2D eigenvalue weighted by Gasteiger charge is -2.16. The summed E-state index contributed by atoms with van der Waals surface area (Å²) in [6.07, 6.45) is 2.75. The Balaban J connectivity index is 1.06. The van der Waals surface area contributed by atoms with Crippen molar-refractivity contribution in [3.05, 3.63) is 174 Å². The third-order valence-electron chi connectivity index (χ3n) is 10.2. The van der Waals surface area contributed by atoms with Crippen molar-refractivity contribution in [2.75, 3.05) is 0 Å². The van der Waals surface area contributed by atoms with Crippen LogP contribution < -0.4 is 0 Å². The molecule has 2 aromatic heterocycles. The molecule has 0 unspecified atom stereocenters. The minimum atomic E-state index is 0.697. The first-order valence-corrected chi connectivity index (χ1v) is 17.3. The molecule has 0 aliphatic heterocycles. The minimum absolute atomic E-state index is 0.697. The molecule has 238 valence electrons. The van der Waals surface area contributed by atoms with Crippen molar-refractivity contribution >= 4 is 43.7 Å². The number of benzene rings is 7. The van der Waals surface area contributed by atoms with Gasteiger partial charge in [-0.25, -0.2) is 0 Å². The molecule has 9 rings (SSSR count). The minimum Gasteiger partial charge on any atom is -0.456 e. The molecule has 0 aliphatic carbocycles. The van der Waals surface area contributed by atoms with Crippen LogP contribution in [0, 0.1) is 18.3 Å². The molecule has 2 heterocycles. The third kappa shape index (κ3) is 4.97. The number of nitriles is 1. The maximum Gasteiger partial charge on any atom is 0.136 e. The predicted octanol–water partition coefficient (Wildman–Crippen LogP) is 12.4. The first kappa shape index (κ1) is 29.7. The van der Waals surface area contributed by atoms with Crippen LogP contribution in [0.2, 0.25) is 0 Å². The lowest BCUT2D eigenvalue weighted by atomic mass is 9.91. The van der Waals surface area contributed by atoms with Gasteiger partial charge in [-0.3, -0.25) is 0 Å². The van der Waals surface area contributed by atoms with E-state index in [0.29, 0.717) is 5.56 Å². The number of furan rings is 1. The van der Waals surface area contributed by atoms with Gasteiger partial charge >= 0.3 is 0 Å². The van der Waals surface area contributed by atoms with E-state index in [0.717, 1.165) is 69.0 Å². The molecular weight excluding hydrogens is 609 g/mol. The van der Waals surface area contributed by atoms with E-state index in [-0.39, 0.29) is 0 Å². The van der Waals surface area contributed by atoms with E-state index >= 15 is 0 Å². The van der Waals surface area contributed by atoms with Crippen LogP contribution in [0.1, 0.15) is 28.7 Å². The van der Waals surface area contributed by atoms with Crippen molar-refractivity contribution in [3.63, 3.8) is 0 Å². The maximum absolute atomic E-state index is 10.5. The highest BCUT2D eigenvalue weighted by Gasteiger charge is 2.18. The first-order chi connectivity index (χ1) is 24.7. The van der Waals surface area contributed by atoms with Gasteiger partial charge < -0.3 is 8.98 Å². The fourth-order valence-corrected chi connectivity index (χ4v) is 7.78. The zero-order valence-corrected chi connectivity index (χ0v) is 27.9. The van der Waals surface area contributed by atoms with E-state index < -0.39 is 0 Å². The lowest BCUT2D eigenvalue weighted by molar-refractivity contribution is 0.669. The average molecular weight is 643 g/mol. The molecule has 50 heavy (non-hydrogen) atoms. The molecular formula is C47H34N2O. The van der Waals surface area contributed by atoms with E-state index in [9.17, 15) is 5.26 Å². The Morgan fingerprint density at radius 3 is 1.96 bits per heavy atom. The Morgan fingerprint density at radius 1 is 0.540 bits per heavy atom. The van der Waals surface area contributed by atoms with E-state index in [4.69, 9.17) is 4.42 Å². The summed E-state index contributed by atoms with van der Waals surface area (Å²) in [6, 6.07) is 55.9. The topological polar surface area (TPSA) is 41.9 Å². The summed E-state index contributed by atoms with van der Waals surface area (Å²) in [4.78, 5) is 0. The van der Waals surface area contributed by atoms with E-state index in [1.807, 2.05) is 12.1 Å². The number of para-hydroxylation sites is 4. The van der Waals surface area contributed by atoms with Crippen molar-refractivity contribution in [2.45, 2.75) is 26.2 Å². The van der Waals surface area contributed by atoms with E-state index in [1.165, 1.54) is 38.6 Å². The number of nitrogens with zero attached hydrogens (tertiary/aromatic N) is 2. The molecule has 0 spiro atoms. The number of aromatic nitrogens is 1. The molecule has 9 aromatic rings. The van der Waals surface area contributed by atoms with Crippen LogP contribution in [-0.2, 0) is 12.8 Å². The van der Waals surface area contributed by atoms with Crippen molar-refractivity contribution in [3.8, 4) is 34.0 Å². The summed E-state index contributed by atoms with van der Waals surface area (Å²) < 4.78 is 8.63. The number of fused-ring (bicyclic) bond motifs is 6. The Labute approximate surface area is 291 Å². The Bertz CT molecular complexity index is 2720. The molecule has 0 bridgehead atoms. The summed E-state index contributed by atoms with van der Waals surface area (Å²) in [6.45, 7) is 2.17. The van der Waals surface area contributed by atoms with Gasteiger partial charge in [-0.1, -0.05) is 109 Å². The maximum atomic E-state index is 10.5. The van der Waals surface area contributed by atoms with Crippen LogP contribution >= 0.6 is 0 Å². The lowest BCUT2D eigenvalue weighted by Crippen LogP contribution is -1.99. The molecule has 0 N–H and O–H groups in total. The van der Waals surface area contributed by atoms with E-state index in [1.54, 1.807) is 0 Å².